The van der Waals surface area contributed by atoms with Gasteiger partial charge < -0.3 is 15.8 Å². The van der Waals surface area contributed by atoms with Crippen molar-refractivity contribution in [1.29, 1.82) is 0 Å². The quantitative estimate of drug-likeness (QED) is 0.887. The van der Waals surface area contributed by atoms with E-state index in [9.17, 15) is 9.18 Å². The van der Waals surface area contributed by atoms with Gasteiger partial charge in [-0.2, -0.15) is 0 Å². The third kappa shape index (κ3) is 2.60. The molecular weight excluding hydrogens is 271 g/mol. The van der Waals surface area contributed by atoms with E-state index in [1.807, 2.05) is 0 Å². The summed E-state index contributed by atoms with van der Waals surface area (Å²) in [6.45, 7) is 0.889. The number of hydrogen-bond donors (Lipinski definition) is 2. The smallest absolute Gasteiger partial charge is 0.255 e. The normalized spacial score (nSPS) is 15.4. The lowest BCUT2D eigenvalue weighted by Gasteiger charge is -2.15. The van der Waals surface area contributed by atoms with Crippen LogP contribution in [-0.4, -0.2) is 19.1 Å². The fraction of sp³-hybridized carbons (Fsp3) is 0.188. The number of halogens is 1. The third-order valence-electron chi connectivity index (χ3n) is 3.49. The number of ether oxygens (including phenoxy) is 1. The third-order valence-corrected chi connectivity index (χ3v) is 3.49. The zero-order valence-electron chi connectivity index (χ0n) is 11.3. The molecule has 0 bridgehead atoms. The molecule has 21 heavy (non-hydrogen) atoms. The maximum Gasteiger partial charge on any atom is 0.255 e. The van der Waals surface area contributed by atoms with Crippen molar-refractivity contribution in [2.75, 3.05) is 13.2 Å². The van der Waals surface area contributed by atoms with Gasteiger partial charge in [0, 0.05) is 5.56 Å². The van der Waals surface area contributed by atoms with Crippen molar-refractivity contribution in [2.24, 2.45) is 5.73 Å². The number of amides is 1. The Morgan fingerprint density at radius 2 is 2.05 bits per heavy atom. The monoisotopic (exact) mass is 286 g/mol. The highest BCUT2D eigenvalue weighted by Crippen LogP contribution is 2.27. The Balaban J connectivity index is 2.00. The summed E-state index contributed by atoms with van der Waals surface area (Å²) in [5.74, 6) is -0.0415. The van der Waals surface area contributed by atoms with Crippen LogP contribution < -0.4 is 15.8 Å². The van der Waals surface area contributed by atoms with Gasteiger partial charge in [-0.05, 0) is 23.8 Å². The Morgan fingerprint density at radius 3 is 2.86 bits per heavy atom. The minimum atomic E-state index is -0.632. The molecule has 3 rings (SSSR count). The molecule has 0 aliphatic carbocycles. The molecule has 1 amide bonds. The van der Waals surface area contributed by atoms with Crippen molar-refractivity contribution in [2.45, 2.75) is 6.04 Å². The largest absolute Gasteiger partial charge is 0.491 e. The number of rotatable bonds is 2. The maximum absolute atomic E-state index is 13.8. The lowest BCUT2D eigenvalue weighted by Crippen LogP contribution is -2.24. The van der Waals surface area contributed by atoms with Gasteiger partial charge in [-0.3, -0.25) is 4.79 Å². The van der Waals surface area contributed by atoms with E-state index in [4.69, 9.17) is 10.5 Å². The summed E-state index contributed by atoms with van der Waals surface area (Å²) in [5, 5.41) is 2.74. The fourth-order valence-electron chi connectivity index (χ4n) is 2.37. The number of carbonyl (C=O) groups excluding carboxylic acids is 1. The van der Waals surface area contributed by atoms with Gasteiger partial charge >= 0.3 is 0 Å². The average Bonchev–Trinajstić information content (AvgIpc) is 2.69. The summed E-state index contributed by atoms with van der Waals surface area (Å²) in [7, 11) is 0. The highest BCUT2D eigenvalue weighted by atomic mass is 19.1. The van der Waals surface area contributed by atoms with Gasteiger partial charge in [-0.25, -0.2) is 4.39 Å². The molecule has 3 N–H and O–H groups in total. The van der Waals surface area contributed by atoms with Gasteiger partial charge in [0.05, 0.1) is 18.2 Å². The Labute approximate surface area is 121 Å². The van der Waals surface area contributed by atoms with Crippen LogP contribution in [0.25, 0.3) is 0 Å². The molecule has 1 atom stereocenters. The van der Waals surface area contributed by atoms with Crippen LogP contribution in [0, 0.1) is 5.82 Å². The van der Waals surface area contributed by atoms with E-state index in [0.717, 1.165) is 0 Å². The fourth-order valence-corrected chi connectivity index (χ4v) is 2.37. The summed E-state index contributed by atoms with van der Waals surface area (Å²) in [6, 6.07) is 10.9. The molecule has 1 heterocycles. The van der Waals surface area contributed by atoms with E-state index >= 15 is 0 Å². The van der Waals surface area contributed by atoms with E-state index in [2.05, 4.69) is 5.32 Å². The predicted molar refractivity (Wildman–Crippen MR) is 76.7 cm³/mol. The van der Waals surface area contributed by atoms with E-state index in [1.165, 1.54) is 6.07 Å². The molecule has 0 saturated carbocycles. The zero-order chi connectivity index (χ0) is 14.8. The minimum absolute atomic E-state index is 0.204. The Hall–Kier alpha value is -2.40. The molecule has 0 radical (unpaired) electrons. The standard InChI is InChI=1S/C16H15FN2O2/c17-13-4-2-1-3-11(13)15(18)10-5-6-14-12(9-10)16(20)19-7-8-21-14/h1-6,9,15H,7-8,18H2,(H,19,20). The second-order valence-corrected chi connectivity index (χ2v) is 4.86. The van der Waals surface area contributed by atoms with Crippen LogP contribution >= 0.6 is 0 Å². The molecule has 2 aromatic rings. The van der Waals surface area contributed by atoms with E-state index in [1.54, 1.807) is 36.4 Å². The number of carbonyl (C=O) groups is 1. The van der Waals surface area contributed by atoms with Crippen LogP contribution in [0.1, 0.15) is 27.5 Å². The summed E-state index contributed by atoms with van der Waals surface area (Å²) >= 11 is 0. The highest BCUT2D eigenvalue weighted by molar-refractivity contribution is 5.97. The Kier molecular flexibility index (Phi) is 3.58. The molecule has 108 valence electrons. The van der Waals surface area contributed by atoms with E-state index in [-0.39, 0.29) is 11.7 Å². The van der Waals surface area contributed by atoms with Crippen LogP contribution in [0.3, 0.4) is 0 Å². The lowest BCUT2D eigenvalue weighted by molar-refractivity contribution is 0.0957. The van der Waals surface area contributed by atoms with Gasteiger partial charge in [0.2, 0.25) is 0 Å². The number of benzene rings is 2. The SMILES string of the molecule is NC(c1ccc2c(c1)C(=O)NCCO2)c1ccccc1F. The number of nitrogens with one attached hydrogen (secondary N) is 1. The number of hydrogen-bond acceptors (Lipinski definition) is 3. The molecule has 4 nitrogen and oxygen atoms in total. The topological polar surface area (TPSA) is 64.4 Å². The molecule has 1 aliphatic rings. The van der Waals surface area contributed by atoms with Crippen LogP contribution in [0.5, 0.6) is 5.75 Å². The van der Waals surface area contributed by atoms with Gasteiger partial charge in [-0.1, -0.05) is 24.3 Å². The van der Waals surface area contributed by atoms with Crippen molar-refractivity contribution < 1.29 is 13.9 Å². The van der Waals surface area contributed by atoms with Crippen LogP contribution in [-0.2, 0) is 0 Å². The van der Waals surface area contributed by atoms with Gasteiger partial charge in [0.15, 0.2) is 0 Å². The Morgan fingerprint density at radius 1 is 1.24 bits per heavy atom. The van der Waals surface area contributed by atoms with Crippen molar-refractivity contribution in [3.63, 3.8) is 0 Å². The van der Waals surface area contributed by atoms with Crippen molar-refractivity contribution in [3.8, 4) is 5.75 Å². The second kappa shape index (κ2) is 5.54. The van der Waals surface area contributed by atoms with Crippen molar-refractivity contribution in [3.05, 3.63) is 65.0 Å². The first-order chi connectivity index (χ1) is 10.2. The number of fused-ring (bicyclic) bond motifs is 1. The minimum Gasteiger partial charge on any atom is -0.491 e. The van der Waals surface area contributed by atoms with Crippen LogP contribution in [0.2, 0.25) is 0 Å². The molecule has 0 spiro atoms. The molecule has 0 aromatic heterocycles. The van der Waals surface area contributed by atoms with Gasteiger partial charge in [0.25, 0.3) is 5.91 Å². The molecular formula is C16H15FN2O2. The summed E-state index contributed by atoms with van der Waals surface area (Å²) in [4.78, 5) is 12.0. The van der Waals surface area contributed by atoms with Crippen molar-refractivity contribution in [1.82, 2.24) is 5.32 Å². The molecule has 2 aromatic carbocycles. The molecule has 5 heteroatoms. The highest BCUT2D eigenvalue weighted by Gasteiger charge is 2.20. The second-order valence-electron chi connectivity index (χ2n) is 4.86. The molecule has 0 saturated heterocycles. The number of nitrogens with two attached hydrogens (primary N) is 1. The van der Waals surface area contributed by atoms with E-state index < -0.39 is 6.04 Å². The Bertz CT molecular complexity index is 688. The average molecular weight is 286 g/mol. The first-order valence-electron chi connectivity index (χ1n) is 6.72. The molecule has 1 unspecified atom stereocenters. The predicted octanol–water partition coefficient (Wildman–Crippen LogP) is 2.00. The summed E-state index contributed by atoms with van der Waals surface area (Å²) in [5.41, 5.74) is 7.61. The molecule has 1 aliphatic heterocycles. The lowest BCUT2D eigenvalue weighted by atomic mass is 9.97. The van der Waals surface area contributed by atoms with Crippen LogP contribution in [0.15, 0.2) is 42.5 Å². The van der Waals surface area contributed by atoms with Gasteiger partial charge in [-0.15, -0.1) is 0 Å². The molecule has 0 fully saturated rings. The summed E-state index contributed by atoms with van der Waals surface area (Å²) < 4.78 is 19.3. The van der Waals surface area contributed by atoms with Crippen molar-refractivity contribution >= 4 is 5.91 Å². The summed E-state index contributed by atoms with van der Waals surface area (Å²) in [6.07, 6.45) is 0. The first-order valence-corrected chi connectivity index (χ1v) is 6.72. The zero-order valence-corrected chi connectivity index (χ0v) is 11.3. The first kappa shape index (κ1) is 13.6. The van der Waals surface area contributed by atoms with Gasteiger partial charge in [0.1, 0.15) is 18.2 Å². The van der Waals surface area contributed by atoms with E-state index in [0.29, 0.717) is 35.6 Å². The van der Waals surface area contributed by atoms with Crippen LogP contribution in [0.4, 0.5) is 4.39 Å². The maximum atomic E-state index is 13.8.